The zero-order valence-corrected chi connectivity index (χ0v) is 18.6. The number of carbonyl (C=O) groups is 2. The third-order valence-electron chi connectivity index (χ3n) is 4.84. The lowest BCUT2D eigenvalue weighted by Gasteiger charge is -2.24. The number of carbonyl (C=O) groups excluding carboxylic acids is 2. The lowest BCUT2D eigenvalue weighted by Crippen LogP contribution is -2.47. The first kappa shape index (κ1) is 22.3. The number of amides is 2. The van der Waals surface area contributed by atoms with Crippen molar-refractivity contribution in [2.45, 2.75) is 31.3 Å². The highest BCUT2D eigenvalue weighted by Crippen LogP contribution is 2.26. The van der Waals surface area contributed by atoms with Crippen molar-refractivity contribution in [2.24, 2.45) is 0 Å². The predicted octanol–water partition coefficient (Wildman–Crippen LogP) is 2.12. The van der Waals surface area contributed by atoms with E-state index in [2.05, 4.69) is 10.0 Å². The summed E-state index contributed by atoms with van der Waals surface area (Å²) >= 11 is 1.50. The normalized spacial score (nSPS) is 16.5. The maximum absolute atomic E-state index is 13.2. The minimum Gasteiger partial charge on any atom is -0.350 e. The molecule has 0 aromatic heterocycles. The average molecular weight is 448 g/mol. The Bertz CT molecular complexity index is 1030. The SMILES string of the molecule is CCNS(=O)(=O)c1ccc(C)c(C(=O)N2CSCC2C(=O)NCc2ccccc2)c1. The highest BCUT2D eigenvalue weighted by molar-refractivity contribution is 7.99. The molecule has 160 valence electrons. The molecule has 1 aliphatic rings. The Morgan fingerprint density at radius 3 is 2.60 bits per heavy atom. The molecule has 0 saturated carbocycles. The summed E-state index contributed by atoms with van der Waals surface area (Å²) in [4.78, 5) is 27.5. The predicted molar refractivity (Wildman–Crippen MR) is 118 cm³/mol. The van der Waals surface area contributed by atoms with Crippen molar-refractivity contribution >= 4 is 33.6 Å². The van der Waals surface area contributed by atoms with Crippen LogP contribution in [0.5, 0.6) is 0 Å². The van der Waals surface area contributed by atoms with Gasteiger partial charge in [0, 0.05) is 24.4 Å². The summed E-state index contributed by atoms with van der Waals surface area (Å²) in [7, 11) is -3.68. The monoisotopic (exact) mass is 447 g/mol. The standard InChI is InChI=1S/C21H25N3O4S2/c1-3-23-30(27,28)17-10-9-15(2)18(11-17)21(26)24-14-29-13-19(24)20(25)22-12-16-7-5-4-6-8-16/h4-11,19,23H,3,12-14H2,1-2H3,(H,22,25). The van der Waals surface area contributed by atoms with E-state index in [9.17, 15) is 18.0 Å². The highest BCUT2D eigenvalue weighted by Gasteiger charge is 2.35. The van der Waals surface area contributed by atoms with Gasteiger partial charge in [0.1, 0.15) is 6.04 Å². The molecule has 2 aromatic carbocycles. The molecule has 7 nitrogen and oxygen atoms in total. The van der Waals surface area contributed by atoms with Gasteiger partial charge in [-0.1, -0.05) is 43.3 Å². The van der Waals surface area contributed by atoms with Gasteiger partial charge in [-0.05, 0) is 30.2 Å². The van der Waals surface area contributed by atoms with E-state index >= 15 is 0 Å². The summed E-state index contributed by atoms with van der Waals surface area (Å²) in [5, 5.41) is 2.89. The maximum Gasteiger partial charge on any atom is 0.255 e. The summed E-state index contributed by atoms with van der Waals surface area (Å²) in [6.45, 7) is 4.09. The summed E-state index contributed by atoms with van der Waals surface area (Å²) < 4.78 is 27.1. The average Bonchev–Trinajstić information content (AvgIpc) is 3.22. The molecule has 1 atom stereocenters. The highest BCUT2D eigenvalue weighted by atomic mass is 32.2. The number of nitrogens with one attached hydrogen (secondary N) is 2. The van der Waals surface area contributed by atoms with Crippen LogP contribution in [0.4, 0.5) is 0 Å². The molecule has 30 heavy (non-hydrogen) atoms. The van der Waals surface area contributed by atoms with Crippen molar-refractivity contribution in [1.29, 1.82) is 0 Å². The second-order valence-corrected chi connectivity index (χ2v) is 9.74. The van der Waals surface area contributed by atoms with Gasteiger partial charge in [0.15, 0.2) is 0 Å². The maximum atomic E-state index is 13.2. The van der Waals surface area contributed by atoms with E-state index in [0.717, 1.165) is 5.56 Å². The van der Waals surface area contributed by atoms with Gasteiger partial charge in [-0.3, -0.25) is 9.59 Å². The Kier molecular flexibility index (Phi) is 7.17. The summed E-state index contributed by atoms with van der Waals surface area (Å²) in [6, 6.07) is 13.4. The molecule has 1 unspecified atom stereocenters. The molecule has 2 amide bonds. The van der Waals surface area contributed by atoms with Crippen molar-refractivity contribution < 1.29 is 18.0 Å². The Hall–Kier alpha value is -2.36. The van der Waals surface area contributed by atoms with E-state index in [1.165, 1.54) is 28.8 Å². The van der Waals surface area contributed by atoms with Crippen molar-refractivity contribution in [1.82, 2.24) is 14.9 Å². The molecule has 1 aliphatic heterocycles. The van der Waals surface area contributed by atoms with Crippen LogP contribution in [0.1, 0.15) is 28.4 Å². The number of sulfonamides is 1. The topological polar surface area (TPSA) is 95.6 Å². The first-order valence-corrected chi connectivity index (χ1v) is 12.3. The van der Waals surface area contributed by atoms with Crippen LogP contribution in [0.2, 0.25) is 0 Å². The number of benzene rings is 2. The van der Waals surface area contributed by atoms with Crippen molar-refractivity contribution in [3.63, 3.8) is 0 Å². The van der Waals surface area contributed by atoms with Crippen LogP contribution in [0.15, 0.2) is 53.4 Å². The van der Waals surface area contributed by atoms with Crippen LogP contribution in [-0.4, -0.2) is 49.3 Å². The second kappa shape index (κ2) is 9.63. The lowest BCUT2D eigenvalue weighted by molar-refractivity contribution is -0.124. The van der Waals surface area contributed by atoms with Gasteiger partial charge in [0.25, 0.3) is 5.91 Å². The summed E-state index contributed by atoms with van der Waals surface area (Å²) in [5.41, 5.74) is 1.93. The smallest absolute Gasteiger partial charge is 0.255 e. The van der Waals surface area contributed by atoms with Crippen LogP contribution in [0, 0.1) is 6.92 Å². The van der Waals surface area contributed by atoms with Gasteiger partial charge in [0.05, 0.1) is 10.8 Å². The fourth-order valence-electron chi connectivity index (χ4n) is 3.19. The van der Waals surface area contributed by atoms with Crippen LogP contribution >= 0.6 is 11.8 Å². The number of rotatable bonds is 7. The van der Waals surface area contributed by atoms with Gasteiger partial charge >= 0.3 is 0 Å². The Balaban J connectivity index is 1.77. The van der Waals surface area contributed by atoms with Gasteiger partial charge in [-0.15, -0.1) is 11.8 Å². The molecule has 1 heterocycles. The zero-order chi connectivity index (χ0) is 21.7. The van der Waals surface area contributed by atoms with Crippen LogP contribution in [0.3, 0.4) is 0 Å². The van der Waals surface area contributed by atoms with Crippen LogP contribution in [0.25, 0.3) is 0 Å². The molecule has 2 N–H and O–H groups in total. The van der Waals surface area contributed by atoms with E-state index in [-0.39, 0.29) is 28.8 Å². The minimum absolute atomic E-state index is 0.0372. The number of nitrogens with zero attached hydrogens (tertiary/aromatic N) is 1. The summed E-state index contributed by atoms with van der Waals surface area (Å²) in [5.74, 6) is 0.323. The molecule has 0 radical (unpaired) electrons. The van der Waals surface area contributed by atoms with E-state index in [1.807, 2.05) is 30.3 Å². The molecule has 3 rings (SSSR count). The minimum atomic E-state index is -3.68. The number of aryl methyl sites for hydroxylation is 1. The first-order chi connectivity index (χ1) is 14.3. The summed E-state index contributed by atoms with van der Waals surface area (Å²) in [6.07, 6.45) is 0. The fraction of sp³-hybridized carbons (Fsp3) is 0.333. The fourth-order valence-corrected chi connectivity index (χ4v) is 5.41. The van der Waals surface area contributed by atoms with Gasteiger partial charge in [-0.2, -0.15) is 0 Å². The number of hydrogen-bond acceptors (Lipinski definition) is 5. The number of hydrogen-bond donors (Lipinski definition) is 2. The zero-order valence-electron chi connectivity index (χ0n) is 16.9. The van der Waals surface area contributed by atoms with Crippen molar-refractivity contribution in [3.05, 3.63) is 65.2 Å². The molecule has 9 heteroatoms. The second-order valence-electron chi connectivity index (χ2n) is 6.97. The molecule has 0 bridgehead atoms. The third kappa shape index (κ3) is 5.03. The number of thioether (sulfide) groups is 1. The van der Waals surface area contributed by atoms with E-state index < -0.39 is 16.1 Å². The molecule has 0 aliphatic carbocycles. The van der Waals surface area contributed by atoms with Gasteiger partial charge in [-0.25, -0.2) is 13.1 Å². The molecule has 1 fully saturated rings. The van der Waals surface area contributed by atoms with Crippen LogP contribution < -0.4 is 10.0 Å². The third-order valence-corrected chi connectivity index (χ3v) is 7.39. The quantitative estimate of drug-likeness (QED) is 0.678. The Morgan fingerprint density at radius 1 is 1.17 bits per heavy atom. The van der Waals surface area contributed by atoms with E-state index in [4.69, 9.17) is 0 Å². The first-order valence-electron chi connectivity index (χ1n) is 9.64. The molecular weight excluding hydrogens is 422 g/mol. The Labute approximate surface area is 181 Å². The Morgan fingerprint density at radius 2 is 1.90 bits per heavy atom. The van der Waals surface area contributed by atoms with Gasteiger partial charge in [0.2, 0.25) is 15.9 Å². The molecule has 2 aromatic rings. The van der Waals surface area contributed by atoms with E-state index in [0.29, 0.717) is 23.7 Å². The molecule has 0 spiro atoms. The van der Waals surface area contributed by atoms with E-state index in [1.54, 1.807) is 19.9 Å². The van der Waals surface area contributed by atoms with Gasteiger partial charge < -0.3 is 10.2 Å². The lowest BCUT2D eigenvalue weighted by atomic mass is 10.1. The van der Waals surface area contributed by atoms with Crippen molar-refractivity contribution in [2.75, 3.05) is 18.2 Å². The largest absolute Gasteiger partial charge is 0.350 e. The molecular formula is C21H25N3O4S2. The van der Waals surface area contributed by atoms with Crippen LogP contribution in [-0.2, 0) is 21.4 Å². The molecule has 1 saturated heterocycles. The van der Waals surface area contributed by atoms with Crippen molar-refractivity contribution in [3.8, 4) is 0 Å².